The van der Waals surface area contributed by atoms with Gasteiger partial charge in [0.2, 0.25) is 0 Å². The van der Waals surface area contributed by atoms with Gasteiger partial charge in [0.05, 0.1) is 11.9 Å². The molecule has 0 radical (unpaired) electrons. The van der Waals surface area contributed by atoms with Gasteiger partial charge in [-0.1, -0.05) is 48.5 Å². The van der Waals surface area contributed by atoms with Crippen molar-refractivity contribution in [2.75, 3.05) is 0 Å². The van der Waals surface area contributed by atoms with E-state index in [0.29, 0.717) is 21.5 Å². The third-order valence-corrected chi connectivity index (χ3v) is 3.33. The summed E-state index contributed by atoms with van der Waals surface area (Å²) in [6.45, 7) is 0. The second kappa shape index (κ2) is 4.35. The summed E-state index contributed by atoms with van der Waals surface area (Å²) in [4.78, 5) is 22.5. The van der Waals surface area contributed by atoms with Crippen LogP contribution >= 0.6 is 0 Å². The van der Waals surface area contributed by atoms with Crippen LogP contribution in [0.2, 0.25) is 0 Å². The van der Waals surface area contributed by atoms with Gasteiger partial charge < -0.3 is 19.8 Å². The fraction of sp³-hybridized carbons (Fsp3) is 0. The molecule has 0 bridgehead atoms. The van der Waals surface area contributed by atoms with Crippen LogP contribution in [0.25, 0.3) is 21.5 Å². The molecule has 0 fully saturated rings. The SMILES string of the molecule is O=C([O-])c1cccc2ccc3cccc(C(=O)[O-])c3c12. The van der Waals surface area contributed by atoms with E-state index in [1.165, 1.54) is 12.1 Å². The number of benzene rings is 3. The standard InChI is InChI=1S/C16H10O4/c17-15(18)11-5-1-3-9-7-8-10-4-2-6-12(16(19)20)14(10)13(9)11/h1-8H,(H,17,18)(H,19,20)/p-2. The maximum absolute atomic E-state index is 11.3. The molecule has 4 nitrogen and oxygen atoms in total. The fourth-order valence-electron chi connectivity index (χ4n) is 2.50. The topological polar surface area (TPSA) is 80.3 Å². The molecule has 4 heteroatoms. The van der Waals surface area contributed by atoms with Crippen molar-refractivity contribution in [3.63, 3.8) is 0 Å². The second-order valence-electron chi connectivity index (χ2n) is 4.45. The van der Waals surface area contributed by atoms with Crippen LogP contribution < -0.4 is 10.2 Å². The Morgan fingerprint density at radius 1 is 0.650 bits per heavy atom. The molecule has 0 spiro atoms. The van der Waals surface area contributed by atoms with Crippen molar-refractivity contribution in [2.45, 2.75) is 0 Å². The number of carboxylic acids is 2. The average Bonchev–Trinajstić information content (AvgIpc) is 2.45. The fourth-order valence-corrected chi connectivity index (χ4v) is 2.50. The lowest BCUT2D eigenvalue weighted by atomic mass is 9.94. The van der Waals surface area contributed by atoms with E-state index in [1.807, 2.05) is 0 Å². The number of carboxylic acid groups (broad SMARTS) is 2. The van der Waals surface area contributed by atoms with E-state index in [1.54, 1.807) is 36.4 Å². The van der Waals surface area contributed by atoms with Gasteiger partial charge in [-0.15, -0.1) is 0 Å². The van der Waals surface area contributed by atoms with Gasteiger partial charge in [0, 0.05) is 11.1 Å². The van der Waals surface area contributed by atoms with E-state index in [9.17, 15) is 19.8 Å². The van der Waals surface area contributed by atoms with Gasteiger partial charge >= 0.3 is 0 Å². The molecule has 0 aromatic heterocycles. The predicted molar refractivity (Wildman–Crippen MR) is 70.1 cm³/mol. The maximum Gasteiger partial charge on any atom is 0.0721 e. The predicted octanol–water partition coefficient (Wildman–Crippen LogP) is 0.720. The molecule has 3 aromatic carbocycles. The zero-order chi connectivity index (χ0) is 14.3. The quantitative estimate of drug-likeness (QED) is 0.639. The van der Waals surface area contributed by atoms with Gasteiger partial charge in [-0.2, -0.15) is 0 Å². The smallest absolute Gasteiger partial charge is 0.0721 e. The maximum atomic E-state index is 11.3. The van der Waals surface area contributed by atoms with E-state index < -0.39 is 11.9 Å². The minimum atomic E-state index is -1.34. The summed E-state index contributed by atoms with van der Waals surface area (Å²) in [6.07, 6.45) is 0. The van der Waals surface area contributed by atoms with E-state index in [0.717, 1.165) is 0 Å². The van der Waals surface area contributed by atoms with Crippen LogP contribution in [0.4, 0.5) is 0 Å². The molecule has 0 unspecified atom stereocenters. The summed E-state index contributed by atoms with van der Waals surface area (Å²) in [6, 6.07) is 13.0. The van der Waals surface area contributed by atoms with Crippen molar-refractivity contribution in [2.24, 2.45) is 0 Å². The molecule has 20 heavy (non-hydrogen) atoms. The molecular formula is C16H8O4-2. The lowest BCUT2D eigenvalue weighted by Crippen LogP contribution is -2.24. The van der Waals surface area contributed by atoms with Gasteiger partial charge in [0.15, 0.2) is 0 Å². The Bertz CT molecular complexity index is 792. The van der Waals surface area contributed by atoms with Crippen LogP contribution in [0.3, 0.4) is 0 Å². The van der Waals surface area contributed by atoms with Crippen LogP contribution in [0.5, 0.6) is 0 Å². The van der Waals surface area contributed by atoms with Crippen molar-refractivity contribution in [3.05, 3.63) is 59.7 Å². The van der Waals surface area contributed by atoms with E-state index in [4.69, 9.17) is 0 Å². The Morgan fingerprint density at radius 2 is 1.05 bits per heavy atom. The first kappa shape index (κ1) is 12.2. The molecule has 0 amide bonds. The highest BCUT2D eigenvalue weighted by atomic mass is 16.4. The molecule has 0 saturated heterocycles. The number of carbonyl (C=O) groups is 2. The monoisotopic (exact) mass is 264 g/mol. The average molecular weight is 264 g/mol. The van der Waals surface area contributed by atoms with E-state index in [-0.39, 0.29) is 11.1 Å². The van der Waals surface area contributed by atoms with Crippen LogP contribution in [0.1, 0.15) is 20.7 Å². The summed E-state index contributed by atoms with van der Waals surface area (Å²) in [7, 11) is 0. The Balaban J connectivity index is 2.63. The highest BCUT2D eigenvalue weighted by Gasteiger charge is 2.10. The van der Waals surface area contributed by atoms with Crippen LogP contribution in [-0.4, -0.2) is 11.9 Å². The zero-order valence-corrected chi connectivity index (χ0v) is 10.3. The molecular weight excluding hydrogens is 256 g/mol. The van der Waals surface area contributed by atoms with Gasteiger partial charge in [0.25, 0.3) is 0 Å². The first-order chi connectivity index (χ1) is 9.59. The molecule has 3 rings (SSSR count). The van der Waals surface area contributed by atoms with Crippen molar-refractivity contribution >= 4 is 33.5 Å². The molecule has 0 saturated carbocycles. The molecule has 0 aliphatic heterocycles. The number of hydrogen-bond donors (Lipinski definition) is 0. The van der Waals surface area contributed by atoms with Crippen LogP contribution in [0.15, 0.2) is 48.5 Å². The Labute approximate surface area is 113 Å². The molecule has 0 heterocycles. The molecule has 0 aliphatic carbocycles. The Hall–Kier alpha value is -2.88. The van der Waals surface area contributed by atoms with Crippen molar-refractivity contribution < 1.29 is 19.8 Å². The van der Waals surface area contributed by atoms with E-state index >= 15 is 0 Å². The van der Waals surface area contributed by atoms with Crippen molar-refractivity contribution in [1.82, 2.24) is 0 Å². The van der Waals surface area contributed by atoms with Crippen molar-refractivity contribution in [3.8, 4) is 0 Å². The second-order valence-corrected chi connectivity index (χ2v) is 4.45. The summed E-state index contributed by atoms with van der Waals surface area (Å²) in [5, 5.41) is 24.6. The number of fused-ring (bicyclic) bond motifs is 3. The normalized spacial score (nSPS) is 10.8. The van der Waals surface area contributed by atoms with Gasteiger partial charge in [-0.3, -0.25) is 0 Å². The summed E-state index contributed by atoms with van der Waals surface area (Å²) >= 11 is 0. The highest BCUT2D eigenvalue weighted by molar-refractivity contribution is 6.20. The van der Waals surface area contributed by atoms with Crippen molar-refractivity contribution in [1.29, 1.82) is 0 Å². The molecule has 0 N–H and O–H groups in total. The van der Waals surface area contributed by atoms with Gasteiger partial charge in [0.1, 0.15) is 0 Å². The zero-order valence-electron chi connectivity index (χ0n) is 10.3. The first-order valence-corrected chi connectivity index (χ1v) is 5.97. The minimum absolute atomic E-state index is 0.0261. The summed E-state index contributed by atoms with van der Waals surface area (Å²) in [5.41, 5.74) is -0.0522. The third-order valence-electron chi connectivity index (χ3n) is 3.33. The first-order valence-electron chi connectivity index (χ1n) is 5.97. The molecule has 3 aromatic rings. The minimum Gasteiger partial charge on any atom is -0.545 e. The van der Waals surface area contributed by atoms with Crippen LogP contribution in [-0.2, 0) is 0 Å². The summed E-state index contributed by atoms with van der Waals surface area (Å²) < 4.78 is 0. The van der Waals surface area contributed by atoms with Gasteiger partial charge in [-0.05, 0) is 21.5 Å². The Morgan fingerprint density at radius 3 is 1.40 bits per heavy atom. The number of hydrogen-bond acceptors (Lipinski definition) is 4. The Kier molecular flexibility index (Phi) is 2.64. The highest BCUT2D eigenvalue weighted by Crippen LogP contribution is 2.30. The largest absolute Gasteiger partial charge is 0.545 e. The van der Waals surface area contributed by atoms with Crippen LogP contribution in [0, 0.1) is 0 Å². The number of aromatic carboxylic acids is 2. The number of rotatable bonds is 2. The number of carbonyl (C=O) groups excluding carboxylic acids is 2. The molecule has 98 valence electrons. The third kappa shape index (κ3) is 1.70. The van der Waals surface area contributed by atoms with Gasteiger partial charge in [-0.25, -0.2) is 0 Å². The summed E-state index contributed by atoms with van der Waals surface area (Å²) in [5.74, 6) is -2.67. The molecule has 0 atom stereocenters. The lowest BCUT2D eigenvalue weighted by Gasteiger charge is -2.14. The lowest BCUT2D eigenvalue weighted by molar-refractivity contribution is -0.256. The van der Waals surface area contributed by atoms with E-state index in [2.05, 4.69) is 0 Å². The molecule has 0 aliphatic rings.